The average Bonchev–Trinajstić information content (AvgIpc) is 2.50. The average molecular weight is 359 g/mol. The van der Waals surface area contributed by atoms with Crippen molar-refractivity contribution < 1.29 is 13.9 Å². The van der Waals surface area contributed by atoms with Gasteiger partial charge in [0, 0.05) is 18.6 Å². The van der Waals surface area contributed by atoms with Crippen LogP contribution in [0.2, 0.25) is 5.02 Å². The van der Waals surface area contributed by atoms with Crippen LogP contribution < -0.4 is 10.6 Å². The summed E-state index contributed by atoms with van der Waals surface area (Å²) in [5.74, 6) is -0.427. The molecule has 0 aliphatic heterocycles. The third-order valence-electron chi connectivity index (χ3n) is 3.98. The van der Waals surface area contributed by atoms with Gasteiger partial charge in [-0.25, -0.2) is 9.18 Å². The molecule has 0 heterocycles. The van der Waals surface area contributed by atoms with E-state index >= 15 is 0 Å². The van der Waals surface area contributed by atoms with Gasteiger partial charge >= 0.3 is 6.09 Å². The topological polar surface area (TPSA) is 50.4 Å². The van der Waals surface area contributed by atoms with E-state index in [-0.39, 0.29) is 10.6 Å². The third kappa shape index (κ3) is 6.65. The van der Waals surface area contributed by atoms with Crippen LogP contribution in [-0.2, 0) is 11.3 Å². The van der Waals surface area contributed by atoms with Crippen LogP contribution in [0.4, 0.5) is 9.18 Å². The van der Waals surface area contributed by atoms with Crippen molar-refractivity contribution in [2.45, 2.75) is 65.1 Å². The van der Waals surface area contributed by atoms with Gasteiger partial charge in [0.1, 0.15) is 11.4 Å². The minimum Gasteiger partial charge on any atom is -0.444 e. The molecule has 1 aromatic rings. The SMILES string of the molecule is CCC(CC)(CNC(=O)OC(C)(C)C)NCc1ccc(F)c(Cl)c1. The monoisotopic (exact) mass is 358 g/mol. The van der Waals surface area contributed by atoms with Crippen molar-refractivity contribution in [1.82, 2.24) is 10.6 Å². The predicted octanol–water partition coefficient (Wildman–Crippen LogP) is 4.65. The Bertz CT molecular complexity index is 554. The molecule has 0 fully saturated rings. The second kappa shape index (κ2) is 8.67. The van der Waals surface area contributed by atoms with Crippen LogP contribution in [0.5, 0.6) is 0 Å². The molecular weight excluding hydrogens is 331 g/mol. The van der Waals surface area contributed by atoms with E-state index in [1.165, 1.54) is 6.07 Å². The Balaban J connectivity index is 2.66. The van der Waals surface area contributed by atoms with Crippen LogP contribution in [0.1, 0.15) is 53.0 Å². The smallest absolute Gasteiger partial charge is 0.407 e. The molecule has 2 N–H and O–H groups in total. The quantitative estimate of drug-likeness (QED) is 0.745. The molecule has 0 radical (unpaired) electrons. The molecule has 4 nitrogen and oxygen atoms in total. The van der Waals surface area contributed by atoms with E-state index in [0.29, 0.717) is 13.1 Å². The van der Waals surface area contributed by atoms with Crippen molar-refractivity contribution in [3.8, 4) is 0 Å². The highest BCUT2D eigenvalue weighted by atomic mass is 35.5. The number of carbonyl (C=O) groups is 1. The Morgan fingerprint density at radius 3 is 2.38 bits per heavy atom. The molecule has 0 spiro atoms. The molecular formula is C18H28ClFN2O2. The van der Waals surface area contributed by atoms with E-state index in [0.717, 1.165) is 18.4 Å². The van der Waals surface area contributed by atoms with Gasteiger partial charge in [-0.15, -0.1) is 0 Å². The number of carbonyl (C=O) groups excluding carboxylic acids is 1. The van der Waals surface area contributed by atoms with Gasteiger partial charge in [-0.3, -0.25) is 0 Å². The zero-order chi connectivity index (χ0) is 18.4. The molecule has 0 atom stereocenters. The minimum atomic E-state index is -0.524. The van der Waals surface area contributed by atoms with Crippen LogP contribution in [0.15, 0.2) is 18.2 Å². The Labute approximate surface area is 149 Å². The third-order valence-corrected chi connectivity index (χ3v) is 4.26. The summed E-state index contributed by atoms with van der Waals surface area (Å²) in [7, 11) is 0. The molecule has 0 saturated carbocycles. The first-order chi connectivity index (χ1) is 11.1. The van der Waals surface area contributed by atoms with Crippen LogP contribution in [-0.4, -0.2) is 23.8 Å². The Morgan fingerprint density at radius 1 is 1.25 bits per heavy atom. The number of amides is 1. The fourth-order valence-corrected chi connectivity index (χ4v) is 2.51. The standard InChI is InChI=1S/C18H28ClFN2O2/c1-6-18(7-2,12-21-16(23)24-17(3,4)5)22-11-13-8-9-15(20)14(19)10-13/h8-10,22H,6-7,11-12H2,1-5H3,(H,21,23). The number of nitrogens with one attached hydrogen (secondary N) is 2. The maximum atomic E-state index is 13.2. The Kier molecular flexibility index (Phi) is 7.49. The van der Waals surface area contributed by atoms with E-state index in [1.807, 2.05) is 20.8 Å². The maximum absolute atomic E-state index is 13.2. The second-order valence-electron chi connectivity index (χ2n) is 6.94. The Hall–Kier alpha value is -1.33. The molecule has 0 bridgehead atoms. The Morgan fingerprint density at radius 2 is 1.88 bits per heavy atom. The first-order valence-corrected chi connectivity index (χ1v) is 8.64. The van der Waals surface area contributed by atoms with E-state index in [2.05, 4.69) is 24.5 Å². The summed E-state index contributed by atoms with van der Waals surface area (Å²) in [6.07, 6.45) is 1.23. The highest BCUT2D eigenvalue weighted by Crippen LogP contribution is 2.19. The van der Waals surface area contributed by atoms with Gasteiger partial charge in [0.15, 0.2) is 0 Å². The lowest BCUT2D eigenvalue weighted by molar-refractivity contribution is 0.0507. The number of alkyl carbamates (subject to hydrolysis) is 1. The van der Waals surface area contributed by atoms with Gasteiger partial charge in [0.25, 0.3) is 0 Å². The van der Waals surface area contributed by atoms with Crippen molar-refractivity contribution in [3.63, 3.8) is 0 Å². The van der Waals surface area contributed by atoms with Gasteiger partial charge < -0.3 is 15.4 Å². The second-order valence-corrected chi connectivity index (χ2v) is 7.35. The molecule has 0 aromatic heterocycles. The maximum Gasteiger partial charge on any atom is 0.407 e. The van der Waals surface area contributed by atoms with Crippen LogP contribution in [0.3, 0.4) is 0 Å². The molecule has 1 aromatic carbocycles. The van der Waals surface area contributed by atoms with E-state index in [4.69, 9.17) is 16.3 Å². The summed E-state index contributed by atoms with van der Waals surface area (Å²) in [4.78, 5) is 11.9. The van der Waals surface area contributed by atoms with Crippen molar-refractivity contribution >= 4 is 17.7 Å². The normalized spacial score (nSPS) is 12.1. The number of ether oxygens (including phenoxy) is 1. The lowest BCUT2D eigenvalue weighted by Crippen LogP contribution is -2.53. The van der Waals surface area contributed by atoms with Gasteiger partial charge in [0.2, 0.25) is 0 Å². The summed E-state index contributed by atoms with van der Waals surface area (Å²) in [5, 5.41) is 6.40. The number of hydrogen-bond donors (Lipinski definition) is 2. The van der Waals surface area contributed by atoms with Crippen molar-refractivity contribution in [3.05, 3.63) is 34.6 Å². The first kappa shape index (κ1) is 20.7. The summed E-state index contributed by atoms with van der Waals surface area (Å²) in [5.41, 5.74) is 0.103. The molecule has 1 rings (SSSR count). The molecule has 136 valence electrons. The number of halogens is 2. The highest BCUT2D eigenvalue weighted by molar-refractivity contribution is 6.30. The summed E-state index contributed by atoms with van der Waals surface area (Å²) < 4.78 is 18.5. The minimum absolute atomic E-state index is 0.111. The molecule has 0 aliphatic carbocycles. The zero-order valence-electron chi connectivity index (χ0n) is 15.1. The van der Waals surface area contributed by atoms with Gasteiger partial charge in [-0.1, -0.05) is 31.5 Å². The van der Waals surface area contributed by atoms with Crippen molar-refractivity contribution in [1.29, 1.82) is 0 Å². The first-order valence-electron chi connectivity index (χ1n) is 8.26. The van der Waals surface area contributed by atoms with Crippen molar-refractivity contribution in [2.24, 2.45) is 0 Å². The summed E-state index contributed by atoms with van der Waals surface area (Å²) in [6, 6.07) is 4.67. The van der Waals surface area contributed by atoms with Crippen LogP contribution in [0, 0.1) is 5.82 Å². The zero-order valence-corrected chi connectivity index (χ0v) is 15.9. The van der Waals surface area contributed by atoms with E-state index in [1.54, 1.807) is 12.1 Å². The largest absolute Gasteiger partial charge is 0.444 e. The van der Waals surface area contributed by atoms with Crippen LogP contribution in [0.25, 0.3) is 0 Å². The lowest BCUT2D eigenvalue weighted by Gasteiger charge is -2.34. The van der Waals surface area contributed by atoms with Gasteiger partial charge in [-0.2, -0.15) is 0 Å². The summed E-state index contributed by atoms with van der Waals surface area (Å²) >= 11 is 5.82. The molecule has 1 amide bonds. The number of rotatable bonds is 7. The predicted molar refractivity (Wildman–Crippen MR) is 95.8 cm³/mol. The fraction of sp³-hybridized carbons (Fsp3) is 0.611. The van der Waals surface area contributed by atoms with E-state index < -0.39 is 17.5 Å². The molecule has 0 saturated heterocycles. The van der Waals surface area contributed by atoms with Gasteiger partial charge in [0.05, 0.1) is 5.02 Å². The van der Waals surface area contributed by atoms with E-state index in [9.17, 15) is 9.18 Å². The number of hydrogen-bond acceptors (Lipinski definition) is 3. The molecule has 0 unspecified atom stereocenters. The van der Waals surface area contributed by atoms with Gasteiger partial charge in [-0.05, 0) is 51.3 Å². The number of benzene rings is 1. The van der Waals surface area contributed by atoms with Crippen molar-refractivity contribution in [2.75, 3.05) is 6.54 Å². The highest BCUT2D eigenvalue weighted by Gasteiger charge is 2.27. The lowest BCUT2D eigenvalue weighted by atomic mass is 9.92. The molecule has 24 heavy (non-hydrogen) atoms. The van der Waals surface area contributed by atoms with Crippen LogP contribution >= 0.6 is 11.6 Å². The molecule has 0 aliphatic rings. The summed E-state index contributed by atoms with van der Waals surface area (Å²) in [6.45, 7) is 10.6. The fourth-order valence-electron chi connectivity index (χ4n) is 2.31. The molecule has 6 heteroatoms.